The maximum Gasteiger partial charge on any atom is 0.337 e. The number of carboxylic acid groups (broad SMARTS) is 3. The van der Waals surface area contributed by atoms with Crippen LogP contribution in [0.25, 0.3) is 0 Å². The van der Waals surface area contributed by atoms with E-state index in [0.29, 0.717) is 0 Å². The van der Waals surface area contributed by atoms with Gasteiger partial charge in [-0.05, 0) is 12.1 Å². The quantitative estimate of drug-likeness (QED) is 0.683. The van der Waals surface area contributed by atoms with Gasteiger partial charge >= 0.3 is 17.9 Å². The maximum atomic E-state index is 10.9. The topological polar surface area (TPSA) is 129 Å². The lowest BCUT2D eigenvalue weighted by atomic mass is 9.96. The molecule has 0 amide bonds. The Hall–Kier alpha value is -2.70. The van der Waals surface area contributed by atoms with Gasteiger partial charge < -0.3 is 15.3 Å². The molecule has 1 aromatic rings. The van der Waals surface area contributed by atoms with Crippen molar-refractivity contribution in [3.8, 4) is 0 Å². The van der Waals surface area contributed by atoms with Crippen molar-refractivity contribution in [1.82, 2.24) is 0 Å². The number of rotatable bonds is 4. The van der Waals surface area contributed by atoms with Gasteiger partial charge in [-0.15, -0.1) is 0 Å². The van der Waals surface area contributed by atoms with Crippen molar-refractivity contribution in [3.05, 3.63) is 34.4 Å². The first-order chi connectivity index (χ1) is 7.90. The molecule has 3 N–H and O–H groups in total. The molecule has 0 aliphatic heterocycles. The number of carbonyl (C=O) groups is 3. The van der Waals surface area contributed by atoms with Crippen LogP contribution in [-0.2, 0) is 4.79 Å². The molecule has 0 aliphatic carbocycles. The Labute approximate surface area is 93.9 Å². The summed E-state index contributed by atoms with van der Waals surface area (Å²) in [6.45, 7) is 0. The van der Waals surface area contributed by atoms with E-state index in [2.05, 4.69) is 0 Å². The van der Waals surface area contributed by atoms with Gasteiger partial charge in [0.25, 0.3) is 0 Å². The number of carbonyl (C=O) groups excluding carboxylic acids is 1. The van der Waals surface area contributed by atoms with Crippen LogP contribution in [0.4, 0.5) is 0 Å². The highest BCUT2D eigenvalue weighted by Gasteiger charge is 2.26. The molecular weight excluding hydrogens is 232 g/mol. The third-order valence-electron chi connectivity index (χ3n) is 1.97. The van der Waals surface area contributed by atoms with Crippen LogP contribution in [-0.4, -0.2) is 39.5 Å². The summed E-state index contributed by atoms with van der Waals surface area (Å²) in [7, 11) is 0. The summed E-state index contributed by atoms with van der Waals surface area (Å²) in [5.74, 6) is -5.04. The molecular formula is C10H5O7. The van der Waals surface area contributed by atoms with Gasteiger partial charge in [-0.2, -0.15) is 0 Å². The highest BCUT2D eigenvalue weighted by Crippen LogP contribution is 2.19. The minimum Gasteiger partial charge on any atom is -0.478 e. The van der Waals surface area contributed by atoms with Crippen molar-refractivity contribution in [2.75, 3.05) is 0 Å². The second-order valence-electron chi connectivity index (χ2n) is 2.93. The van der Waals surface area contributed by atoms with E-state index in [1.54, 1.807) is 0 Å². The third kappa shape index (κ3) is 2.12. The maximum absolute atomic E-state index is 10.9. The summed E-state index contributed by atoms with van der Waals surface area (Å²) in [5.41, 5.74) is -3.04. The van der Waals surface area contributed by atoms with E-state index in [1.807, 2.05) is 0 Å². The van der Waals surface area contributed by atoms with Crippen molar-refractivity contribution in [1.29, 1.82) is 0 Å². The molecule has 0 heterocycles. The molecule has 87 valence electrons. The van der Waals surface area contributed by atoms with Crippen LogP contribution in [0.15, 0.2) is 12.1 Å². The van der Waals surface area contributed by atoms with E-state index in [9.17, 15) is 19.2 Å². The van der Waals surface area contributed by atoms with Crippen LogP contribution in [0.1, 0.15) is 36.6 Å². The zero-order valence-corrected chi connectivity index (χ0v) is 8.13. The van der Waals surface area contributed by atoms with Gasteiger partial charge in [-0.1, -0.05) is 0 Å². The number of hydrogen-bond donors (Lipinski definition) is 3. The minimum atomic E-state index is -1.74. The predicted octanol–water partition coefficient (Wildman–Crippen LogP) is 0.239. The van der Waals surface area contributed by atoms with Crippen LogP contribution in [0.3, 0.4) is 0 Å². The number of benzene rings is 1. The van der Waals surface area contributed by atoms with Gasteiger partial charge in [0, 0.05) is 5.56 Å². The summed E-state index contributed by atoms with van der Waals surface area (Å²) in [6.07, 6.45) is 1.25. The molecule has 0 saturated carbocycles. The molecule has 0 fully saturated rings. The summed E-state index contributed by atoms with van der Waals surface area (Å²) in [5, 5.41) is 26.3. The fourth-order valence-electron chi connectivity index (χ4n) is 1.31. The van der Waals surface area contributed by atoms with E-state index >= 15 is 0 Å². The van der Waals surface area contributed by atoms with E-state index < -0.39 is 40.2 Å². The van der Waals surface area contributed by atoms with E-state index in [0.717, 1.165) is 12.1 Å². The highest BCUT2D eigenvalue weighted by molar-refractivity contribution is 6.12. The molecule has 0 aliphatic rings. The van der Waals surface area contributed by atoms with E-state index in [4.69, 9.17) is 15.3 Å². The minimum absolute atomic E-state index is 0.514. The molecule has 1 radical (unpaired) electrons. The molecule has 0 bridgehead atoms. The molecule has 7 nitrogen and oxygen atoms in total. The number of aromatic carboxylic acids is 3. The first-order valence-corrected chi connectivity index (χ1v) is 4.15. The average Bonchev–Trinajstić information content (AvgIpc) is 2.26. The van der Waals surface area contributed by atoms with E-state index in [1.165, 1.54) is 6.29 Å². The van der Waals surface area contributed by atoms with Crippen molar-refractivity contribution in [2.24, 2.45) is 0 Å². The molecule has 0 atom stereocenters. The van der Waals surface area contributed by atoms with Crippen molar-refractivity contribution < 1.29 is 34.5 Å². The predicted molar refractivity (Wildman–Crippen MR) is 52.1 cm³/mol. The number of carboxylic acids is 3. The average molecular weight is 237 g/mol. The van der Waals surface area contributed by atoms with Crippen LogP contribution in [0.5, 0.6) is 0 Å². The van der Waals surface area contributed by atoms with Crippen LogP contribution in [0, 0.1) is 0 Å². The molecule has 7 heteroatoms. The fourth-order valence-corrected chi connectivity index (χ4v) is 1.31. The molecule has 0 spiro atoms. The zero-order valence-electron chi connectivity index (χ0n) is 8.13. The fraction of sp³-hybridized carbons (Fsp3) is 0. The van der Waals surface area contributed by atoms with Crippen LogP contribution in [0.2, 0.25) is 0 Å². The summed E-state index contributed by atoms with van der Waals surface area (Å²) < 4.78 is 0. The Morgan fingerprint density at radius 2 is 1.41 bits per heavy atom. The lowest BCUT2D eigenvalue weighted by Crippen LogP contribution is -2.17. The Morgan fingerprint density at radius 3 is 1.76 bits per heavy atom. The third-order valence-corrected chi connectivity index (χ3v) is 1.97. The molecule has 0 unspecified atom stereocenters. The Bertz CT molecular complexity index is 530. The smallest absolute Gasteiger partial charge is 0.337 e. The normalized spacial score (nSPS) is 9.65. The van der Waals surface area contributed by atoms with Crippen LogP contribution >= 0.6 is 0 Å². The summed E-state index contributed by atoms with van der Waals surface area (Å²) in [6, 6.07) is 1.74. The second-order valence-corrected chi connectivity index (χ2v) is 2.93. The molecule has 17 heavy (non-hydrogen) atoms. The first-order valence-electron chi connectivity index (χ1n) is 4.15. The van der Waals surface area contributed by atoms with Gasteiger partial charge in [-0.3, -0.25) is 4.79 Å². The lowest BCUT2D eigenvalue weighted by Gasteiger charge is -2.07. The van der Waals surface area contributed by atoms with Crippen molar-refractivity contribution >= 4 is 24.2 Å². The second kappa shape index (κ2) is 4.44. The Balaban J connectivity index is 3.77. The highest BCUT2D eigenvalue weighted by atomic mass is 16.4. The lowest BCUT2D eigenvalue weighted by molar-refractivity contribution is 0.0633. The van der Waals surface area contributed by atoms with Gasteiger partial charge in [0.05, 0.1) is 16.7 Å². The monoisotopic (exact) mass is 237 g/mol. The van der Waals surface area contributed by atoms with E-state index in [-0.39, 0.29) is 0 Å². The standard InChI is InChI=1S/C10H5O7/c11-3-4-1-2-5(8(12)13)7(10(16)17)6(4)9(14)15/h1-2H,(H,12,13)(H,14,15)(H,16,17). The SMILES string of the molecule is O=[C]c1ccc(C(=O)O)c(C(=O)O)c1C(=O)O. The molecule has 1 aromatic carbocycles. The molecule has 0 aromatic heterocycles. The number of hydrogen-bond acceptors (Lipinski definition) is 4. The summed E-state index contributed by atoms with van der Waals surface area (Å²) >= 11 is 0. The van der Waals surface area contributed by atoms with Gasteiger partial charge in [0.15, 0.2) is 0 Å². The van der Waals surface area contributed by atoms with Crippen molar-refractivity contribution in [3.63, 3.8) is 0 Å². The molecule has 1 rings (SSSR count). The summed E-state index contributed by atoms with van der Waals surface area (Å²) in [4.78, 5) is 42.9. The zero-order chi connectivity index (χ0) is 13.2. The van der Waals surface area contributed by atoms with Gasteiger partial charge in [0.2, 0.25) is 6.29 Å². The van der Waals surface area contributed by atoms with Gasteiger partial charge in [0.1, 0.15) is 0 Å². The van der Waals surface area contributed by atoms with Crippen LogP contribution < -0.4 is 0 Å². The first kappa shape index (κ1) is 12.4. The Morgan fingerprint density at radius 1 is 0.882 bits per heavy atom. The molecule has 0 saturated heterocycles. The largest absolute Gasteiger partial charge is 0.478 e. The Kier molecular flexibility index (Phi) is 3.23. The van der Waals surface area contributed by atoms with Gasteiger partial charge in [-0.25, -0.2) is 14.4 Å². The van der Waals surface area contributed by atoms with Crippen molar-refractivity contribution in [2.45, 2.75) is 0 Å².